The van der Waals surface area contributed by atoms with Gasteiger partial charge in [0.2, 0.25) is 0 Å². The Labute approximate surface area is 191 Å². The van der Waals surface area contributed by atoms with Crippen LogP contribution in [0.2, 0.25) is 0 Å². The summed E-state index contributed by atoms with van der Waals surface area (Å²) >= 11 is 0. The quantitative estimate of drug-likeness (QED) is 0.429. The Balaban J connectivity index is 1.63. The molecular weight excluding hydrogens is 448 g/mol. The standard InChI is InChI=1S/C23H21F2N5O2S/c1-13(2)33(31)21-7-5-15(9-18(21)25)19-11-27-12-20(28-19)23-30-29-22(32-23)16-6-4-14(10-26-3)8-17(16)24/h4-9,11-13,26H,10H2,1-3H3. The highest BCUT2D eigenvalue weighted by Gasteiger charge is 2.18. The molecule has 7 nitrogen and oxygen atoms in total. The van der Waals surface area contributed by atoms with Crippen LogP contribution in [-0.4, -0.2) is 36.7 Å². The minimum atomic E-state index is -1.44. The summed E-state index contributed by atoms with van der Waals surface area (Å²) in [6.45, 7) is 4.06. The first kappa shape index (κ1) is 22.8. The summed E-state index contributed by atoms with van der Waals surface area (Å²) in [6.07, 6.45) is 2.89. The number of aromatic nitrogens is 4. The zero-order valence-electron chi connectivity index (χ0n) is 18.2. The van der Waals surface area contributed by atoms with Crippen LogP contribution in [0, 0.1) is 11.6 Å². The van der Waals surface area contributed by atoms with E-state index < -0.39 is 22.4 Å². The van der Waals surface area contributed by atoms with Gasteiger partial charge in [0, 0.05) is 17.4 Å². The number of nitrogens with one attached hydrogen (secondary N) is 1. The predicted octanol–water partition coefficient (Wildman–Crippen LogP) is 4.37. The van der Waals surface area contributed by atoms with E-state index in [-0.39, 0.29) is 33.2 Å². The zero-order valence-corrected chi connectivity index (χ0v) is 19.0. The van der Waals surface area contributed by atoms with Crippen molar-refractivity contribution >= 4 is 10.8 Å². The van der Waals surface area contributed by atoms with Crippen molar-refractivity contribution in [3.8, 4) is 34.3 Å². The second kappa shape index (κ2) is 9.63. The molecule has 0 amide bonds. The topological polar surface area (TPSA) is 93.8 Å². The molecule has 2 aromatic carbocycles. The molecule has 0 spiro atoms. The summed E-state index contributed by atoms with van der Waals surface area (Å²) in [5, 5.41) is 10.6. The van der Waals surface area contributed by atoms with E-state index in [9.17, 15) is 13.0 Å². The Morgan fingerprint density at radius 2 is 1.76 bits per heavy atom. The molecule has 0 fully saturated rings. The summed E-state index contributed by atoms with van der Waals surface area (Å²) in [5.41, 5.74) is 2.04. The molecule has 1 atom stereocenters. The highest BCUT2D eigenvalue weighted by atomic mass is 32.2. The predicted molar refractivity (Wildman–Crippen MR) is 120 cm³/mol. The summed E-state index contributed by atoms with van der Waals surface area (Å²) in [5.74, 6) is -0.996. The molecule has 0 radical (unpaired) electrons. The number of halogens is 2. The van der Waals surface area contributed by atoms with Gasteiger partial charge in [0.25, 0.3) is 11.8 Å². The van der Waals surface area contributed by atoms with E-state index in [1.54, 1.807) is 39.1 Å². The Morgan fingerprint density at radius 1 is 1.00 bits per heavy atom. The van der Waals surface area contributed by atoms with Gasteiger partial charge in [-0.25, -0.2) is 13.8 Å². The average molecular weight is 470 g/mol. The zero-order chi connectivity index (χ0) is 23.5. The van der Waals surface area contributed by atoms with Crippen molar-refractivity contribution < 1.29 is 17.4 Å². The van der Waals surface area contributed by atoms with Crippen molar-refractivity contribution in [2.45, 2.75) is 30.5 Å². The second-order valence-corrected chi connectivity index (χ2v) is 9.52. The van der Waals surface area contributed by atoms with E-state index in [2.05, 4.69) is 25.5 Å². The summed E-state index contributed by atoms with van der Waals surface area (Å²) in [4.78, 5) is 8.70. The lowest BCUT2D eigenvalue weighted by molar-refractivity contribution is 0.568. The van der Waals surface area contributed by atoms with Crippen LogP contribution in [0.3, 0.4) is 0 Å². The monoisotopic (exact) mass is 469 g/mol. The third-order valence-corrected chi connectivity index (χ3v) is 6.42. The molecule has 2 aromatic heterocycles. The van der Waals surface area contributed by atoms with Crippen molar-refractivity contribution in [2.75, 3.05) is 7.05 Å². The lowest BCUT2D eigenvalue weighted by Crippen LogP contribution is -2.07. The lowest BCUT2D eigenvalue weighted by atomic mass is 10.1. The number of nitrogens with zero attached hydrogens (tertiary/aromatic N) is 4. The van der Waals surface area contributed by atoms with E-state index in [4.69, 9.17) is 4.42 Å². The van der Waals surface area contributed by atoms with E-state index in [1.165, 1.54) is 30.6 Å². The van der Waals surface area contributed by atoms with Gasteiger partial charge in [0.05, 0.1) is 39.3 Å². The highest BCUT2D eigenvalue weighted by Crippen LogP contribution is 2.28. The number of hydrogen-bond donors (Lipinski definition) is 1. The highest BCUT2D eigenvalue weighted by molar-refractivity contribution is 7.85. The van der Waals surface area contributed by atoms with Gasteiger partial charge in [0.15, 0.2) is 0 Å². The molecule has 0 aliphatic rings. The maximum absolute atomic E-state index is 14.6. The largest absolute Gasteiger partial charge is 0.414 e. The van der Waals surface area contributed by atoms with E-state index in [0.29, 0.717) is 17.8 Å². The van der Waals surface area contributed by atoms with Crippen molar-refractivity contribution in [2.24, 2.45) is 0 Å². The summed E-state index contributed by atoms with van der Waals surface area (Å²) in [6, 6.07) is 9.14. The fourth-order valence-electron chi connectivity index (χ4n) is 3.17. The average Bonchev–Trinajstić information content (AvgIpc) is 3.29. The molecule has 0 saturated heterocycles. The van der Waals surface area contributed by atoms with Gasteiger partial charge in [-0.15, -0.1) is 10.2 Å². The van der Waals surface area contributed by atoms with Gasteiger partial charge in [-0.1, -0.05) is 26.0 Å². The molecule has 0 aliphatic carbocycles. The first-order chi connectivity index (χ1) is 15.9. The Hall–Kier alpha value is -3.37. The molecule has 0 aliphatic heterocycles. The van der Waals surface area contributed by atoms with Crippen molar-refractivity contribution in [3.63, 3.8) is 0 Å². The second-order valence-electron chi connectivity index (χ2n) is 7.54. The normalized spacial score (nSPS) is 12.3. The van der Waals surface area contributed by atoms with Crippen LogP contribution >= 0.6 is 0 Å². The summed E-state index contributed by atoms with van der Waals surface area (Å²) in [7, 11) is 0.334. The third-order valence-electron chi connectivity index (χ3n) is 4.80. The van der Waals surface area contributed by atoms with E-state index in [0.717, 1.165) is 5.56 Å². The van der Waals surface area contributed by atoms with Crippen LogP contribution in [0.25, 0.3) is 34.3 Å². The molecule has 1 N–H and O–H groups in total. The van der Waals surface area contributed by atoms with Gasteiger partial charge in [-0.05, 0) is 36.9 Å². The molecule has 0 saturated carbocycles. The Bertz CT molecular complexity index is 1330. The van der Waals surface area contributed by atoms with Gasteiger partial charge < -0.3 is 9.73 Å². The van der Waals surface area contributed by atoms with Crippen molar-refractivity contribution in [1.82, 2.24) is 25.5 Å². The first-order valence-electron chi connectivity index (χ1n) is 10.2. The molecule has 4 aromatic rings. The van der Waals surface area contributed by atoms with Crippen molar-refractivity contribution in [1.29, 1.82) is 0 Å². The fourth-order valence-corrected chi connectivity index (χ4v) is 4.13. The minimum absolute atomic E-state index is 0.0114. The van der Waals surface area contributed by atoms with Gasteiger partial charge in [-0.3, -0.25) is 9.19 Å². The third kappa shape index (κ3) is 4.86. The van der Waals surface area contributed by atoms with Crippen LogP contribution < -0.4 is 5.32 Å². The smallest absolute Gasteiger partial charge is 0.268 e. The Kier molecular flexibility index (Phi) is 6.66. The van der Waals surface area contributed by atoms with Crippen LogP contribution in [0.5, 0.6) is 0 Å². The molecule has 2 heterocycles. The van der Waals surface area contributed by atoms with Crippen molar-refractivity contribution in [3.05, 3.63) is 66.0 Å². The van der Waals surface area contributed by atoms with E-state index >= 15 is 0 Å². The number of benzene rings is 2. The first-order valence-corrected chi connectivity index (χ1v) is 11.4. The van der Waals surface area contributed by atoms with E-state index in [1.807, 2.05) is 0 Å². The fraction of sp³-hybridized carbons (Fsp3) is 0.217. The van der Waals surface area contributed by atoms with Gasteiger partial charge in [0.1, 0.15) is 17.3 Å². The molecule has 10 heteroatoms. The van der Waals surface area contributed by atoms with Crippen LogP contribution in [-0.2, 0) is 17.3 Å². The molecular formula is C23H21F2N5O2S. The molecule has 170 valence electrons. The molecule has 0 bridgehead atoms. The molecule has 4 rings (SSSR count). The molecule has 33 heavy (non-hydrogen) atoms. The Morgan fingerprint density at radius 3 is 2.45 bits per heavy atom. The van der Waals surface area contributed by atoms with Crippen LogP contribution in [0.15, 0.2) is 58.1 Å². The summed E-state index contributed by atoms with van der Waals surface area (Å²) < 4.78 is 46.9. The maximum Gasteiger partial charge on any atom is 0.268 e. The maximum atomic E-state index is 14.6. The minimum Gasteiger partial charge on any atom is -0.414 e. The molecule has 1 unspecified atom stereocenters. The SMILES string of the molecule is CNCc1ccc(-c2nnc(-c3cncc(-c4ccc(S(=O)C(C)C)c(F)c4)n3)o2)c(F)c1. The van der Waals surface area contributed by atoms with Gasteiger partial charge in [-0.2, -0.15) is 0 Å². The lowest BCUT2D eigenvalue weighted by Gasteiger charge is -2.08. The number of hydrogen-bond acceptors (Lipinski definition) is 7. The van der Waals surface area contributed by atoms with Crippen LogP contribution in [0.4, 0.5) is 8.78 Å². The van der Waals surface area contributed by atoms with Crippen LogP contribution in [0.1, 0.15) is 19.4 Å². The van der Waals surface area contributed by atoms with Gasteiger partial charge >= 0.3 is 0 Å². The number of rotatable bonds is 7.